The van der Waals surface area contributed by atoms with E-state index in [0.29, 0.717) is 31.9 Å². The highest BCUT2D eigenvalue weighted by molar-refractivity contribution is 5.96. The number of amides is 3. The predicted octanol–water partition coefficient (Wildman–Crippen LogP) is 2.29. The lowest BCUT2D eigenvalue weighted by atomic mass is 10.1. The van der Waals surface area contributed by atoms with Gasteiger partial charge in [0, 0.05) is 45.3 Å². The average molecular weight is 525 g/mol. The first-order valence-electron chi connectivity index (χ1n) is 12.7. The molecule has 3 rings (SSSR count). The third-order valence-electron chi connectivity index (χ3n) is 5.92. The number of esters is 1. The van der Waals surface area contributed by atoms with Crippen molar-refractivity contribution in [1.29, 1.82) is 0 Å². The van der Waals surface area contributed by atoms with Gasteiger partial charge in [-0.25, -0.2) is 4.98 Å². The zero-order valence-electron chi connectivity index (χ0n) is 22.4. The maximum absolute atomic E-state index is 13.5. The molecule has 2 aromatic rings. The predicted molar refractivity (Wildman–Crippen MR) is 141 cm³/mol. The summed E-state index contributed by atoms with van der Waals surface area (Å²) in [6.07, 6.45) is 0.0262. The Hall–Kier alpha value is -3.79. The SMILES string of the molecule is COCC(=O)N1CCN(C(=O)[C@H](CCC(=O)OC(C)(C)C)NC(=O)c2cccc(-c3ccccc3)n2)CC1. The van der Waals surface area contributed by atoms with Crippen LogP contribution < -0.4 is 5.32 Å². The number of benzene rings is 1. The molecule has 0 aliphatic carbocycles. The van der Waals surface area contributed by atoms with E-state index in [0.717, 1.165) is 5.56 Å². The van der Waals surface area contributed by atoms with E-state index in [9.17, 15) is 19.2 Å². The van der Waals surface area contributed by atoms with Crippen LogP contribution in [0.2, 0.25) is 0 Å². The fourth-order valence-electron chi connectivity index (χ4n) is 4.09. The van der Waals surface area contributed by atoms with Gasteiger partial charge in [0.15, 0.2) is 0 Å². The second-order valence-electron chi connectivity index (χ2n) is 10.1. The molecule has 1 fully saturated rings. The first kappa shape index (κ1) is 28.8. The molecule has 1 aliphatic heterocycles. The summed E-state index contributed by atoms with van der Waals surface area (Å²) < 4.78 is 10.3. The minimum Gasteiger partial charge on any atom is -0.460 e. The van der Waals surface area contributed by atoms with E-state index in [1.807, 2.05) is 36.4 Å². The first-order chi connectivity index (χ1) is 18.1. The normalized spacial score (nSPS) is 14.5. The molecule has 1 aromatic carbocycles. The number of ether oxygens (including phenoxy) is 2. The maximum Gasteiger partial charge on any atom is 0.306 e. The number of nitrogens with one attached hydrogen (secondary N) is 1. The number of carbonyl (C=O) groups is 4. The molecule has 2 heterocycles. The molecule has 1 N–H and O–H groups in total. The molecule has 0 radical (unpaired) electrons. The van der Waals surface area contributed by atoms with Gasteiger partial charge < -0.3 is 24.6 Å². The van der Waals surface area contributed by atoms with Gasteiger partial charge in [-0.3, -0.25) is 19.2 Å². The Morgan fingerprint density at radius 3 is 2.24 bits per heavy atom. The third kappa shape index (κ3) is 8.37. The van der Waals surface area contributed by atoms with Crippen molar-refractivity contribution in [2.24, 2.45) is 0 Å². The molecule has 0 saturated carbocycles. The first-order valence-corrected chi connectivity index (χ1v) is 12.7. The van der Waals surface area contributed by atoms with E-state index in [4.69, 9.17) is 9.47 Å². The fourth-order valence-corrected chi connectivity index (χ4v) is 4.09. The summed E-state index contributed by atoms with van der Waals surface area (Å²) in [4.78, 5) is 58.8. The van der Waals surface area contributed by atoms with Crippen molar-refractivity contribution in [3.8, 4) is 11.3 Å². The van der Waals surface area contributed by atoms with Crippen LogP contribution in [0.25, 0.3) is 11.3 Å². The molecule has 0 spiro atoms. The minimum atomic E-state index is -0.960. The molecular weight excluding hydrogens is 488 g/mol. The van der Waals surface area contributed by atoms with Crippen molar-refractivity contribution in [1.82, 2.24) is 20.1 Å². The van der Waals surface area contributed by atoms with Crippen molar-refractivity contribution < 1.29 is 28.7 Å². The largest absolute Gasteiger partial charge is 0.460 e. The minimum absolute atomic E-state index is 0.0163. The quantitative estimate of drug-likeness (QED) is 0.500. The van der Waals surface area contributed by atoms with E-state index in [2.05, 4.69) is 10.3 Å². The van der Waals surface area contributed by atoms with Crippen LogP contribution in [0.4, 0.5) is 0 Å². The van der Waals surface area contributed by atoms with Crippen molar-refractivity contribution in [3.05, 3.63) is 54.2 Å². The lowest BCUT2D eigenvalue weighted by Gasteiger charge is -2.36. The van der Waals surface area contributed by atoms with Crippen molar-refractivity contribution in [2.45, 2.75) is 45.3 Å². The van der Waals surface area contributed by atoms with Crippen LogP contribution in [-0.2, 0) is 23.9 Å². The molecule has 1 atom stereocenters. The van der Waals surface area contributed by atoms with Gasteiger partial charge in [0.05, 0.1) is 5.69 Å². The van der Waals surface area contributed by atoms with E-state index in [1.165, 1.54) is 7.11 Å². The Labute approximate surface area is 223 Å². The van der Waals surface area contributed by atoms with Crippen molar-refractivity contribution in [2.75, 3.05) is 39.9 Å². The molecule has 1 saturated heterocycles. The lowest BCUT2D eigenvalue weighted by molar-refractivity contribution is -0.155. The second-order valence-corrected chi connectivity index (χ2v) is 10.1. The Balaban J connectivity index is 1.72. The van der Waals surface area contributed by atoms with Gasteiger partial charge in [-0.15, -0.1) is 0 Å². The van der Waals surface area contributed by atoms with Gasteiger partial charge in [0.25, 0.3) is 5.91 Å². The standard InChI is InChI=1S/C28H36N4O6/c1-28(2,3)38-25(34)14-13-23(27(36)32-17-15-31(16-18-32)24(33)19-37-4)30-26(35)22-12-8-11-21(29-22)20-9-6-5-7-10-20/h5-12,23H,13-19H2,1-4H3,(H,30,35)/t23-/m0/s1. The van der Waals surface area contributed by atoms with E-state index in [-0.39, 0.29) is 37.0 Å². The number of nitrogens with zero attached hydrogens (tertiary/aromatic N) is 3. The van der Waals surface area contributed by atoms with Crippen LogP contribution >= 0.6 is 0 Å². The fraction of sp³-hybridized carbons (Fsp3) is 0.464. The molecule has 10 nitrogen and oxygen atoms in total. The summed E-state index contributed by atoms with van der Waals surface area (Å²) in [5.74, 6) is -1.43. The highest BCUT2D eigenvalue weighted by Gasteiger charge is 2.31. The van der Waals surface area contributed by atoms with Crippen LogP contribution in [0.5, 0.6) is 0 Å². The number of carbonyl (C=O) groups excluding carboxylic acids is 4. The average Bonchev–Trinajstić information content (AvgIpc) is 2.90. The summed E-state index contributed by atoms with van der Waals surface area (Å²) in [6, 6.07) is 13.6. The van der Waals surface area contributed by atoms with Gasteiger partial charge in [0.1, 0.15) is 23.9 Å². The molecular formula is C28H36N4O6. The maximum atomic E-state index is 13.5. The lowest BCUT2D eigenvalue weighted by Crippen LogP contribution is -2.56. The zero-order valence-corrected chi connectivity index (χ0v) is 22.4. The molecule has 38 heavy (non-hydrogen) atoms. The monoisotopic (exact) mass is 524 g/mol. The van der Waals surface area contributed by atoms with Crippen LogP contribution in [0.15, 0.2) is 48.5 Å². The molecule has 204 valence electrons. The highest BCUT2D eigenvalue weighted by Crippen LogP contribution is 2.17. The molecule has 3 amide bonds. The summed E-state index contributed by atoms with van der Waals surface area (Å²) in [5, 5.41) is 2.78. The van der Waals surface area contributed by atoms with Gasteiger partial charge in [-0.1, -0.05) is 36.4 Å². The molecule has 1 aliphatic rings. The summed E-state index contributed by atoms with van der Waals surface area (Å²) in [7, 11) is 1.46. The van der Waals surface area contributed by atoms with Crippen LogP contribution in [0, 0.1) is 0 Å². The summed E-state index contributed by atoms with van der Waals surface area (Å²) >= 11 is 0. The Morgan fingerprint density at radius 1 is 0.947 bits per heavy atom. The Bertz CT molecular complexity index is 1120. The molecule has 0 bridgehead atoms. The van der Waals surface area contributed by atoms with Crippen LogP contribution in [-0.4, -0.2) is 90.0 Å². The number of methoxy groups -OCH3 is 1. The molecule has 10 heteroatoms. The number of hydrogen-bond acceptors (Lipinski definition) is 7. The Morgan fingerprint density at radius 2 is 1.61 bits per heavy atom. The van der Waals surface area contributed by atoms with E-state index >= 15 is 0 Å². The van der Waals surface area contributed by atoms with Crippen molar-refractivity contribution in [3.63, 3.8) is 0 Å². The van der Waals surface area contributed by atoms with Crippen molar-refractivity contribution >= 4 is 23.7 Å². The summed E-state index contributed by atoms with van der Waals surface area (Å²) in [5.41, 5.74) is 0.996. The van der Waals surface area contributed by atoms with Crippen LogP contribution in [0.3, 0.4) is 0 Å². The van der Waals surface area contributed by atoms with Gasteiger partial charge in [-0.2, -0.15) is 0 Å². The topological polar surface area (TPSA) is 118 Å². The van der Waals surface area contributed by atoms with E-state index in [1.54, 1.807) is 42.7 Å². The summed E-state index contributed by atoms with van der Waals surface area (Å²) in [6.45, 7) is 6.64. The molecule has 0 unspecified atom stereocenters. The van der Waals surface area contributed by atoms with Crippen LogP contribution in [0.1, 0.15) is 44.1 Å². The van der Waals surface area contributed by atoms with E-state index < -0.39 is 23.5 Å². The molecule has 1 aromatic heterocycles. The third-order valence-corrected chi connectivity index (χ3v) is 5.92. The highest BCUT2D eigenvalue weighted by atomic mass is 16.6. The van der Waals surface area contributed by atoms with Gasteiger partial charge >= 0.3 is 5.97 Å². The number of rotatable bonds is 9. The van der Waals surface area contributed by atoms with Gasteiger partial charge in [0.2, 0.25) is 11.8 Å². The number of piperazine rings is 1. The number of pyridine rings is 1. The Kier molecular flexibility index (Phi) is 9.95. The smallest absolute Gasteiger partial charge is 0.306 e. The zero-order chi connectivity index (χ0) is 27.7. The van der Waals surface area contributed by atoms with Gasteiger partial charge in [-0.05, 0) is 39.3 Å². The second kappa shape index (κ2) is 13.1. The number of aromatic nitrogens is 1. The number of hydrogen-bond donors (Lipinski definition) is 1.